The largest absolute Gasteiger partial charge is 0.363 e. The van der Waals surface area contributed by atoms with Crippen molar-refractivity contribution in [2.45, 2.75) is 39.8 Å². The minimum absolute atomic E-state index is 0.0667. The summed E-state index contributed by atoms with van der Waals surface area (Å²) in [5, 5.41) is 3.13. The van der Waals surface area contributed by atoms with Crippen molar-refractivity contribution in [1.82, 2.24) is 9.55 Å². The molecule has 0 fully saturated rings. The summed E-state index contributed by atoms with van der Waals surface area (Å²) in [6.07, 6.45) is 4.29. The zero-order valence-corrected chi connectivity index (χ0v) is 11.4. The summed E-state index contributed by atoms with van der Waals surface area (Å²) < 4.78 is 1.67. The Labute approximate surface area is 107 Å². The quantitative estimate of drug-likeness (QED) is 0.796. The predicted octanol–water partition coefficient (Wildman–Crippen LogP) is 2.33. The highest BCUT2D eigenvalue weighted by atomic mass is 35.5. The number of alkyl halides is 1. The molecule has 0 aromatic carbocycles. The molecular formula is C12H20ClN3O. The van der Waals surface area contributed by atoms with E-state index in [1.54, 1.807) is 17.0 Å². The molecule has 0 aliphatic carbocycles. The van der Waals surface area contributed by atoms with Gasteiger partial charge in [-0.05, 0) is 19.3 Å². The SMILES string of the molecule is CCCn1ccnc(NC(C)C(C)CCl)c1=O. The molecule has 5 heteroatoms. The molecule has 17 heavy (non-hydrogen) atoms. The van der Waals surface area contributed by atoms with Crippen LogP contribution < -0.4 is 10.9 Å². The van der Waals surface area contributed by atoms with Crippen LogP contribution in [0.2, 0.25) is 0 Å². The van der Waals surface area contributed by atoms with Crippen LogP contribution in [0.5, 0.6) is 0 Å². The van der Waals surface area contributed by atoms with E-state index in [9.17, 15) is 4.79 Å². The third kappa shape index (κ3) is 3.73. The van der Waals surface area contributed by atoms with Gasteiger partial charge in [-0.1, -0.05) is 13.8 Å². The van der Waals surface area contributed by atoms with E-state index < -0.39 is 0 Å². The van der Waals surface area contributed by atoms with E-state index in [0.29, 0.717) is 11.7 Å². The average molecular weight is 258 g/mol. The summed E-state index contributed by atoms with van der Waals surface area (Å²) in [5.41, 5.74) is -0.0667. The molecule has 0 saturated heterocycles. The average Bonchev–Trinajstić information content (AvgIpc) is 2.33. The Bertz CT molecular complexity index is 405. The molecule has 96 valence electrons. The van der Waals surface area contributed by atoms with Crippen LogP contribution in [0.4, 0.5) is 5.82 Å². The fourth-order valence-corrected chi connectivity index (χ4v) is 1.72. The van der Waals surface area contributed by atoms with Gasteiger partial charge in [0, 0.05) is 30.9 Å². The normalized spacial score (nSPS) is 14.4. The van der Waals surface area contributed by atoms with E-state index in [-0.39, 0.29) is 17.5 Å². The number of halogens is 1. The van der Waals surface area contributed by atoms with Gasteiger partial charge in [0.25, 0.3) is 5.56 Å². The fraction of sp³-hybridized carbons (Fsp3) is 0.667. The van der Waals surface area contributed by atoms with Gasteiger partial charge >= 0.3 is 0 Å². The molecule has 2 unspecified atom stereocenters. The molecule has 0 aliphatic rings. The minimum Gasteiger partial charge on any atom is -0.363 e. The molecule has 1 aromatic rings. The van der Waals surface area contributed by atoms with Crippen molar-refractivity contribution < 1.29 is 0 Å². The molecule has 0 spiro atoms. The van der Waals surface area contributed by atoms with Gasteiger partial charge in [-0.2, -0.15) is 0 Å². The lowest BCUT2D eigenvalue weighted by molar-refractivity contribution is 0.560. The standard InChI is InChI=1S/C12H20ClN3O/c1-4-6-16-7-5-14-11(12(16)17)15-10(3)9(2)8-13/h5,7,9-10H,4,6,8H2,1-3H3,(H,14,15). The van der Waals surface area contributed by atoms with Crippen LogP contribution in [-0.2, 0) is 6.54 Å². The first kappa shape index (κ1) is 14.0. The smallest absolute Gasteiger partial charge is 0.293 e. The second-order valence-corrected chi connectivity index (χ2v) is 4.65. The molecule has 0 saturated carbocycles. The summed E-state index contributed by atoms with van der Waals surface area (Å²) in [6, 6.07) is 0.130. The van der Waals surface area contributed by atoms with Crippen molar-refractivity contribution in [2.75, 3.05) is 11.2 Å². The Hall–Kier alpha value is -1.03. The zero-order valence-electron chi connectivity index (χ0n) is 10.6. The lowest BCUT2D eigenvalue weighted by Crippen LogP contribution is -2.31. The Morgan fingerprint density at radius 1 is 1.53 bits per heavy atom. The van der Waals surface area contributed by atoms with Crippen LogP contribution in [0.25, 0.3) is 0 Å². The number of anilines is 1. The van der Waals surface area contributed by atoms with Crippen molar-refractivity contribution in [3.63, 3.8) is 0 Å². The first-order valence-electron chi connectivity index (χ1n) is 5.98. The van der Waals surface area contributed by atoms with E-state index in [0.717, 1.165) is 13.0 Å². The van der Waals surface area contributed by atoms with Gasteiger partial charge in [0.1, 0.15) is 0 Å². The number of aryl methyl sites for hydroxylation is 1. The predicted molar refractivity (Wildman–Crippen MR) is 71.8 cm³/mol. The highest BCUT2D eigenvalue weighted by Gasteiger charge is 2.13. The second kappa shape index (κ2) is 6.64. The Kier molecular flexibility index (Phi) is 5.48. The number of hydrogen-bond donors (Lipinski definition) is 1. The Morgan fingerprint density at radius 2 is 2.24 bits per heavy atom. The van der Waals surface area contributed by atoms with Gasteiger partial charge in [0.05, 0.1) is 0 Å². The molecule has 1 aromatic heterocycles. The summed E-state index contributed by atoms with van der Waals surface area (Å²) in [6.45, 7) is 6.80. The highest BCUT2D eigenvalue weighted by molar-refractivity contribution is 6.18. The monoisotopic (exact) mass is 257 g/mol. The maximum Gasteiger partial charge on any atom is 0.293 e. The first-order chi connectivity index (χ1) is 8.10. The van der Waals surface area contributed by atoms with Crippen LogP contribution in [-0.4, -0.2) is 21.5 Å². The van der Waals surface area contributed by atoms with E-state index >= 15 is 0 Å². The van der Waals surface area contributed by atoms with Crippen molar-refractivity contribution in [2.24, 2.45) is 5.92 Å². The van der Waals surface area contributed by atoms with Crippen LogP contribution in [0.1, 0.15) is 27.2 Å². The number of nitrogens with zero attached hydrogens (tertiary/aromatic N) is 2. The number of nitrogens with one attached hydrogen (secondary N) is 1. The van der Waals surface area contributed by atoms with Crippen molar-refractivity contribution in [1.29, 1.82) is 0 Å². The third-order valence-electron chi connectivity index (χ3n) is 2.84. The van der Waals surface area contributed by atoms with Crippen LogP contribution in [0.15, 0.2) is 17.2 Å². The molecule has 0 amide bonds. The van der Waals surface area contributed by atoms with Crippen LogP contribution in [0, 0.1) is 5.92 Å². The van der Waals surface area contributed by atoms with Gasteiger partial charge < -0.3 is 9.88 Å². The summed E-state index contributed by atoms with van der Waals surface area (Å²) in [7, 11) is 0. The topological polar surface area (TPSA) is 46.9 Å². The molecule has 2 atom stereocenters. The first-order valence-corrected chi connectivity index (χ1v) is 6.51. The molecule has 0 bridgehead atoms. The molecular weight excluding hydrogens is 238 g/mol. The van der Waals surface area contributed by atoms with Gasteiger partial charge in [-0.3, -0.25) is 4.79 Å². The van der Waals surface area contributed by atoms with Gasteiger partial charge in [0.15, 0.2) is 5.82 Å². The number of rotatable bonds is 6. The summed E-state index contributed by atoms with van der Waals surface area (Å²) >= 11 is 5.79. The van der Waals surface area contributed by atoms with E-state index in [4.69, 9.17) is 11.6 Å². The van der Waals surface area contributed by atoms with Crippen LogP contribution in [0.3, 0.4) is 0 Å². The van der Waals surface area contributed by atoms with Crippen molar-refractivity contribution in [3.05, 3.63) is 22.7 Å². The maximum atomic E-state index is 12.0. The van der Waals surface area contributed by atoms with Gasteiger partial charge in [-0.25, -0.2) is 4.98 Å². The zero-order chi connectivity index (χ0) is 12.8. The Balaban J connectivity index is 2.85. The van der Waals surface area contributed by atoms with Crippen LogP contribution >= 0.6 is 11.6 Å². The summed E-state index contributed by atoms with van der Waals surface area (Å²) in [5.74, 6) is 1.26. The summed E-state index contributed by atoms with van der Waals surface area (Å²) in [4.78, 5) is 16.1. The number of hydrogen-bond acceptors (Lipinski definition) is 3. The minimum atomic E-state index is -0.0667. The lowest BCUT2D eigenvalue weighted by Gasteiger charge is -2.19. The van der Waals surface area contributed by atoms with Crippen molar-refractivity contribution >= 4 is 17.4 Å². The Morgan fingerprint density at radius 3 is 2.82 bits per heavy atom. The third-order valence-corrected chi connectivity index (χ3v) is 3.33. The van der Waals surface area contributed by atoms with Gasteiger partial charge in [0.2, 0.25) is 0 Å². The van der Waals surface area contributed by atoms with E-state index in [1.165, 1.54) is 0 Å². The van der Waals surface area contributed by atoms with Crippen molar-refractivity contribution in [3.8, 4) is 0 Å². The molecule has 0 radical (unpaired) electrons. The molecule has 0 aliphatic heterocycles. The second-order valence-electron chi connectivity index (χ2n) is 4.34. The lowest BCUT2D eigenvalue weighted by atomic mass is 10.1. The molecule has 1 rings (SSSR count). The molecule has 1 heterocycles. The highest BCUT2D eigenvalue weighted by Crippen LogP contribution is 2.08. The molecule has 1 N–H and O–H groups in total. The van der Waals surface area contributed by atoms with Gasteiger partial charge in [-0.15, -0.1) is 11.6 Å². The number of aromatic nitrogens is 2. The van der Waals surface area contributed by atoms with E-state index in [2.05, 4.69) is 10.3 Å². The molecule has 4 nitrogen and oxygen atoms in total. The maximum absolute atomic E-state index is 12.0. The fourth-order valence-electron chi connectivity index (χ4n) is 1.45. The van der Waals surface area contributed by atoms with E-state index in [1.807, 2.05) is 20.8 Å².